The van der Waals surface area contributed by atoms with E-state index in [1.807, 2.05) is 0 Å². The summed E-state index contributed by atoms with van der Waals surface area (Å²) < 4.78 is 41.0. The summed E-state index contributed by atoms with van der Waals surface area (Å²) >= 11 is 0. The number of rotatable bonds is 4. The number of hydrogen-bond donors (Lipinski definition) is 2. The SMILES string of the molecule is O=C(O)c1cnn(-c2nc3cnn(Cc4cccc(C(F)(F)F)c4)c3c(=O)[nH]2)c1. The van der Waals surface area contributed by atoms with Crippen LogP contribution in [-0.2, 0) is 12.7 Å². The molecule has 0 fully saturated rings. The molecule has 29 heavy (non-hydrogen) atoms. The fraction of sp³-hybridized carbons (Fsp3) is 0.118. The van der Waals surface area contributed by atoms with Gasteiger partial charge in [0.05, 0.1) is 30.1 Å². The normalized spacial score (nSPS) is 11.8. The van der Waals surface area contributed by atoms with Crippen LogP contribution in [0.25, 0.3) is 17.0 Å². The van der Waals surface area contributed by atoms with E-state index in [0.29, 0.717) is 5.56 Å². The van der Waals surface area contributed by atoms with Crippen molar-refractivity contribution in [3.05, 3.63) is 69.9 Å². The second-order valence-corrected chi connectivity index (χ2v) is 6.10. The minimum absolute atomic E-state index is 0.0198. The maximum Gasteiger partial charge on any atom is 0.416 e. The molecule has 12 heteroatoms. The zero-order chi connectivity index (χ0) is 20.8. The number of benzene rings is 1. The first-order valence-electron chi connectivity index (χ1n) is 8.12. The number of alkyl halides is 3. The van der Waals surface area contributed by atoms with Gasteiger partial charge in [-0.15, -0.1) is 0 Å². The van der Waals surface area contributed by atoms with E-state index in [2.05, 4.69) is 20.2 Å². The van der Waals surface area contributed by atoms with Gasteiger partial charge in [0.15, 0.2) is 5.52 Å². The quantitative estimate of drug-likeness (QED) is 0.538. The van der Waals surface area contributed by atoms with Crippen LogP contribution in [0.4, 0.5) is 13.2 Å². The van der Waals surface area contributed by atoms with Crippen LogP contribution in [0.15, 0.2) is 47.7 Å². The van der Waals surface area contributed by atoms with Crippen LogP contribution in [0.5, 0.6) is 0 Å². The van der Waals surface area contributed by atoms with Crippen LogP contribution in [0.3, 0.4) is 0 Å². The Kier molecular flexibility index (Phi) is 4.18. The average molecular weight is 404 g/mol. The Morgan fingerprint density at radius 1 is 1.21 bits per heavy atom. The predicted molar refractivity (Wildman–Crippen MR) is 92.8 cm³/mol. The minimum Gasteiger partial charge on any atom is -0.478 e. The molecule has 2 N–H and O–H groups in total. The number of nitrogens with zero attached hydrogens (tertiary/aromatic N) is 5. The number of H-pyrrole nitrogens is 1. The van der Waals surface area contributed by atoms with Gasteiger partial charge in [-0.05, 0) is 17.7 Å². The van der Waals surface area contributed by atoms with E-state index in [4.69, 9.17) is 5.11 Å². The van der Waals surface area contributed by atoms with Gasteiger partial charge >= 0.3 is 12.1 Å². The zero-order valence-electron chi connectivity index (χ0n) is 14.4. The largest absolute Gasteiger partial charge is 0.478 e. The highest BCUT2D eigenvalue weighted by molar-refractivity contribution is 5.87. The topological polar surface area (TPSA) is 119 Å². The highest BCUT2D eigenvalue weighted by Gasteiger charge is 2.30. The van der Waals surface area contributed by atoms with Crippen LogP contribution in [0.1, 0.15) is 21.5 Å². The van der Waals surface area contributed by atoms with Gasteiger partial charge in [0, 0.05) is 6.20 Å². The summed E-state index contributed by atoms with van der Waals surface area (Å²) in [6, 6.07) is 4.72. The van der Waals surface area contributed by atoms with Crippen molar-refractivity contribution in [1.29, 1.82) is 0 Å². The summed E-state index contributed by atoms with van der Waals surface area (Å²) in [5.74, 6) is -1.21. The lowest BCUT2D eigenvalue weighted by atomic mass is 10.1. The maximum atomic E-state index is 12.9. The maximum absolute atomic E-state index is 12.9. The van der Waals surface area contributed by atoms with Crippen molar-refractivity contribution in [2.75, 3.05) is 0 Å². The number of carboxylic acid groups (broad SMARTS) is 1. The van der Waals surface area contributed by atoms with Crippen molar-refractivity contribution in [2.45, 2.75) is 12.7 Å². The van der Waals surface area contributed by atoms with Crippen LogP contribution in [0.2, 0.25) is 0 Å². The lowest BCUT2D eigenvalue weighted by Crippen LogP contribution is -2.17. The smallest absolute Gasteiger partial charge is 0.416 e. The predicted octanol–water partition coefficient (Wildman–Crippen LogP) is 2.07. The molecule has 3 heterocycles. The molecular formula is C17H11F3N6O3. The molecule has 0 aliphatic carbocycles. The molecule has 0 unspecified atom stereocenters. The summed E-state index contributed by atoms with van der Waals surface area (Å²) in [5, 5.41) is 16.8. The van der Waals surface area contributed by atoms with Crippen LogP contribution >= 0.6 is 0 Å². The van der Waals surface area contributed by atoms with Crippen LogP contribution < -0.4 is 5.56 Å². The molecule has 148 valence electrons. The van der Waals surface area contributed by atoms with Crippen molar-refractivity contribution >= 4 is 17.0 Å². The average Bonchev–Trinajstić information content (AvgIpc) is 3.29. The van der Waals surface area contributed by atoms with E-state index in [-0.39, 0.29) is 29.1 Å². The number of carbonyl (C=O) groups is 1. The molecule has 3 aromatic heterocycles. The summed E-state index contributed by atoms with van der Waals surface area (Å²) in [6.07, 6.45) is -0.902. The number of aromatic nitrogens is 6. The first-order valence-corrected chi connectivity index (χ1v) is 8.12. The Balaban J connectivity index is 1.71. The van der Waals surface area contributed by atoms with Crippen molar-refractivity contribution < 1.29 is 23.1 Å². The van der Waals surface area contributed by atoms with Gasteiger partial charge in [-0.2, -0.15) is 23.4 Å². The number of hydrogen-bond acceptors (Lipinski definition) is 5. The van der Waals surface area contributed by atoms with E-state index < -0.39 is 23.3 Å². The van der Waals surface area contributed by atoms with E-state index in [1.165, 1.54) is 29.2 Å². The molecule has 0 radical (unpaired) electrons. The highest BCUT2D eigenvalue weighted by Crippen LogP contribution is 2.29. The molecule has 1 aromatic carbocycles. The van der Waals surface area contributed by atoms with Crippen molar-refractivity contribution in [3.63, 3.8) is 0 Å². The fourth-order valence-corrected chi connectivity index (χ4v) is 2.79. The zero-order valence-corrected chi connectivity index (χ0v) is 14.4. The van der Waals surface area contributed by atoms with E-state index in [9.17, 15) is 22.8 Å². The Hall–Kier alpha value is -3.96. The van der Waals surface area contributed by atoms with Crippen LogP contribution in [0, 0.1) is 0 Å². The number of fused-ring (bicyclic) bond motifs is 1. The molecule has 4 rings (SSSR count). The van der Waals surface area contributed by atoms with Gasteiger partial charge in [0.1, 0.15) is 5.52 Å². The number of halogens is 3. The first kappa shape index (κ1) is 18.4. The molecule has 0 aliphatic heterocycles. The molecule has 9 nitrogen and oxygen atoms in total. The summed E-state index contributed by atoms with van der Waals surface area (Å²) in [7, 11) is 0. The van der Waals surface area contributed by atoms with Gasteiger partial charge in [-0.25, -0.2) is 14.5 Å². The summed E-state index contributed by atoms with van der Waals surface area (Å²) in [6.45, 7) is -0.0670. The summed E-state index contributed by atoms with van der Waals surface area (Å²) in [4.78, 5) is 30.1. The Labute approximate surface area is 159 Å². The molecule has 0 spiro atoms. The van der Waals surface area contributed by atoms with Gasteiger partial charge < -0.3 is 5.11 Å². The third kappa shape index (κ3) is 3.47. The minimum atomic E-state index is -4.48. The monoisotopic (exact) mass is 404 g/mol. The van der Waals surface area contributed by atoms with Crippen molar-refractivity contribution in [2.24, 2.45) is 0 Å². The molecule has 0 atom stereocenters. The number of carboxylic acids is 1. The van der Waals surface area contributed by atoms with E-state index >= 15 is 0 Å². The molecule has 0 bridgehead atoms. The number of aromatic carboxylic acids is 1. The fourth-order valence-electron chi connectivity index (χ4n) is 2.79. The third-order valence-corrected chi connectivity index (χ3v) is 4.12. The van der Waals surface area contributed by atoms with E-state index in [1.54, 1.807) is 0 Å². The second-order valence-electron chi connectivity index (χ2n) is 6.10. The molecule has 0 aliphatic rings. The van der Waals surface area contributed by atoms with E-state index in [0.717, 1.165) is 23.0 Å². The van der Waals surface area contributed by atoms with Gasteiger partial charge in [0.25, 0.3) is 5.56 Å². The van der Waals surface area contributed by atoms with Gasteiger partial charge in [-0.3, -0.25) is 14.5 Å². The van der Waals surface area contributed by atoms with Crippen molar-refractivity contribution in [1.82, 2.24) is 29.5 Å². The Morgan fingerprint density at radius 2 is 2.00 bits per heavy atom. The standard InChI is InChI=1S/C17H11F3N6O3/c18-17(19,20)11-3-1-2-9(4-11)7-25-13-12(6-22-25)23-16(24-14(13)27)26-8-10(5-21-26)15(28)29/h1-6,8H,7H2,(H,28,29)(H,23,24,27). The molecule has 0 amide bonds. The molecule has 4 aromatic rings. The molecule has 0 saturated carbocycles. The van der Waals surface area contributed by atoms with Gasteiger partial charge in [-0.1, -0.05) is 12.1 Å². The van der Waals surface area contributed by atoms with Crippen LogP contribution in [-0.4, -0.2) is 40.6 Å². The number of nitrogens with one attached hydrogen (secondary N) is 1. The first-order chi connectivity index (χ1) is 13.7. The van der Waals surface area contributed by atoms with Crippen molar-refractivity contribution in [3.8, 4) is 5.95 Å². The highest BCUT2D eigenvalue weighted by atomic mass is 19.4. The Morgan fingerprint density at radius 3 is 2.69 bits per heavy atom. The third-order valence-electron chi connectivity index (χ3n) is 4.12. The Bertz CT molecular complexity index is 1290. The molecule has 0 saturated heterocycles. The second kappa shape index (κ2) is 6.58. The number of aromatic amines is 1. The molecular weight excluding hydrogens is 393 g/mol. The lowest BCUT2D eigenvalue weighted by molar-refractivity contribution is -0.137. The van der Waals surface area contributed by atoms with Gasteiger partial charge in [0.2, 0.25) is 5.95 Å². The summed E-state index contributed by atoms with van der Waals surface area (Å²) in [5.41, 5.74) is -0.921. The lowest BCUT2D eigenvalue weighted by Gasteiger charge is -2.09.